The lowest BCUT2D eigenvalue weighted by Gasteiger charge is -2.41. The first-order valence-corrected chi connectivity index (χ1v) is 6.50. The fourth-order valence-corrected chi connectivity index (χ4v) is 2.90. The fraction of sp³-hybridized carbons (Fsp3) is 1.00. The van der Waals surface area contributed by atoms with E-state index in [-0.39, 0.29) is 0 Å². The van der Waals surface area contributed by atoms with Gasteiger partial charge < -0.3 is 14.7 Å². The molecule has 94 valence electrons. The lowest BCUT2D eigenvalue weighted by atomic mass is 10.0. The second-order valence-electron chi connectivity index (χ2n) is 4.93. The van der Waals surface area contributed by atoms with Crippen LogP contribution in [0.5, 0.6) is 0 Å². The van der Waals surface area contributed by atoms with Crippen LogP contribution in [0.1, 0.15) is 32.1 Å². The fourth-order valence-electron chi connectivity index (χ4n) is 2.90. The van der Waals surface area contributed by atoms with Crippen molar-refractivity contribution in [3.63, 3.8) is 0 Å². The minimum absolute atomic E-state index is 0.706. The van der Waals surface area contributed by atoms with Gasteiger partial charge in [0.2, 0.25) is 6.41 Å². The summed E-state index contributed by atoms with van der Waals surface area (Å²) in [5.41, 5.74) is 0. The summed E-state index contributed by atoms with van der Waals surface area (Å²) in [7, 11) is 1.56. The van der Waals surface area contributed by atoms with E-state index in [2.05, 4.69) is 4.90 Å². The molecule has 2 heterocycles. The zero-order chi connectivity index (χ0) is 11.4. The van der Waals surface area contributed by atoms with Crippen LogP contribution in [0.15, 0.2) is 0 Å². The Morgan fingerprint density at radius 2 is 1.69 bits per heavy atom. The molecule has 2 rings (SSSR count). The van der Waals surface area contributed by atoms with Gasteiger partial charge in [-0.1, -0.05) is 6.42 Å². The molecule has 0 aromatic rings. The number of aliphatic hydroxyl groups excluding tert-OH is 1. The first-order valence-electron chi connectivity index (χ1n) is 6.50. The third kappa shape index (κ3) is 2.94. The summed E-state index contributed by atoms with van der Waals surface area (Å²) in [6.45, 7) is 4.46. The van der Waals surface area contributed by atoms with Gasteiger partial charge in [0.25, 0.3) is 0 Å². The summed E-state index contributed by atoms with van der Waals surface area (Å²) in [5.74, 6) is 0. The molecule has 4 nitrogen and oxygen atoms in total. The molecule has 2 aliphatic rings. The van der Waals surface area contributed by atoms with E-state index in [4.69, 9.17) is 4.74 Å². The van der Waals surface area contributed by atoms with Crippen LogP contribution in [-0.2, 0) is 4.74 Å². The van der Waals surface area contributed by atoms with Gasteiger partial charge in [0.1, 0.15) is 0 Å². The number of piperidine rings is 2. The van der Waals surface area contributed by atoms with Gasteiger partial charge in [0.15, 0.2) is 0 Å². The van der Waals surface area contributed by atoms with E-state index in [0.29, 0.717) is 0 Å². The normalized spacial score (nSPS) is 28.1. The van der Waals surface area contributed by atoms with Gasteiger partial charge in [-0.3, -0.25) is 4.90 Å². The molecule has 4 heteroatoms. The van der Waals surface area contributed by atoms with Crippen LogP contribution < -0.4 is 0 Å². The van der Waals surface area contributed by atoms with Crippen LogP contribution >= 0.6 is 0 Å². The van der Waals surface area contributed by atoms with Crippen molar-refractivity contribution in [2.24, 2.45) is 0 Å². The van der Waals surface area contributed by atoms with Crippen LogP contribution in [0.2, 0.25) is 0 Å². The molecular weight excluding hydrogens is 204 g/mol. The minimum Gasteiger partial charge on any atom is -0.356 e. The largest absolute Gasteiger partial charge is 0.356 e. The smallest absolute Gasteiger partial charge is 0.215 e. The summed E-state index contributed by atoms with van der Waals surface area (Å²) in [6.07, 6.45) is 5.75. The standard InChI is InChI=1S/C12H24N2O2/c1-16-12(15)14-9-5-11(6-10-14)13-7-3-2-4-8-13/h11-12,15H,2-10H2,1H3. The van der Waals surface area contributed by atoms with E-state index in [1.165, 1.54) is 45.2 Å². The van der Waals surface area contributed by atoms with Crippen molar-refractivity contribution in [2.45, 2.75) is 44.6 Å². The van der Waals surface area contributed by atoms with Crippen LogP contribution in [0, 0.1) is 0 Å². The van der Waals surface area contributed by atoms with Gasteiger partial charge >= 0.3 is 0 Å². The number of nitrogens with zero attached hydrogens (tertiary/aromatic N) is 2. The Morgan fingerprint density at radius 3 is 2.25 bits per heavy atom. The van der Waals surface area contributed by atoms with Gasteiger partial charge in [-0.25, -0.2) is 0 Å². The molecule has 0 spiro atoms. The zero-order valence-corrected chi connectivity index (χ0v) is 10.3. The van der Waals surface area contributed by atoms with E-state index in [1.807, 2.05) is 4.90 Å². The molecule has 0 aromatic heterocycles. The molecule has 16 heavy (non-hydrogen) atoms. The molecule has 0 amide bonds. The molecule has 0 radical (unpaired) electrons. The van der Waals surface area contributed by atoms with E-state index >= 15 is 0 Å². The van der Waals surface area contributed by atoms with Crippen LogP contribution in [0.4, 0.5) is 0 Å². The van der Waals surface area contributed by atoms with E-state index in [0.717, 1.165) is 19.1 Å². The summed E-state index contributed by atoms with van der Waals surface area (Å²) < 4.78 is 4.94. The topological polar surface area (TPSA) is 35.9 Å². The van der Waals surface area contributed by atoms with Gasteiger partial charge in [-0.05, 0) is 38.8 Å². The molecule has 1 N–H and O–H groups in total. The van der Waals surface area contributed by atoms with Crippen molar-refractivity contribution < 1.29 is 9.84 Å². The average molecular weight is 228 g/mol. The number of likely N-dealkylation sites (tertiary alicyclic amines) is 2. The maximum atomic E-state index is 9.57. The summed E-state index contributed by atoms with van der Waals surface area (Å²) in [5, 5.41) is 9.57. The lowest BCUT2D eigenvalue weighted by molar-refractivity contribution is -0.184. The van der Waals surface area contributed by atoms with Gasteiger partial charge in [0, 0.05) is 26.2 Å². The Balaban J connectivity index is 1.75. The Bertz CT molecular complexity index is 199. The molecule has 1 unspecified atom stereocenters. The number of aliphatic hydroxyl groups is 1. The summed E-state index contributed by atoms with van der Waals surface area (Å²) >= 11 is 0. The first-order chi connectivity index (χ1) is 7.81. The molecular formula is C12H24N2O2. The highest BCUT2D eigenvalue weighted by Gasteiger charge is 2.27. The van der Waals surface area contributed by atoms with Crippen molar-refractivity contribution in [1.82, 2.24) is 9.80 Å². The van der Waals surface area contributed by atoms with Gasteiger partial charge in [0.05, 0.1) is 0 Å². The Morgan fingerprint density at radius 1 is 1.06 bits per heavy atom. The first kappa shape index (κ1) is 12.3. The van der Waals surface area contributed by atoms with Crippen LogP contribution in [0.25, 0.3) is 0 Å². The van der Waals surface area contributed by atoms with E-state index < -0.39 is 6.41 Å². The lowest BCUT2D eigenvalue weighted by Crippen LogP contribution is -2.49. The number of methoxy groups -OCH3 is 1. The Hall–Kier alpha value is -0.160. The van der Waals surface area contributed by atoms with Gasteiger partial charge in [-0.15, -0.1) is 0 Å². The minimum atomic E-state index is -0.706. The molecule has 1 atom stereocenters. The number of hydrogen-bond donors (Lipinski definition) is 1. The number of hydrogen-bond acceptors (Lipinski definition) is 4. The predicted octanol–water partition coefficient (Wildman–Crippen LogP) is 0.859. The average Bonchev–Trinajstić information content (AvgIpc) is 2.39. The second-order valence-corrected chi connectivity index (χ2v) is 4.93. The molecule has 0 saturated carbocycles. The number of ether oxygens (including phenoxy) is 1. The molecule has 2 saturated heterocycles. The molecule has 0 bridgehead atoms. The highest BCUT2D eigenvalue weighted by atomic mass is 16.6. The third-order valence-electron chi connectivity index (χ3n) is 3.93. The molecule has 2 fully saturated rings. The predicted molar refractivity (Wildman–Crippen MR) is 63.0 cm³/mol. The van der Waals surface area contributed by atoms with Crippen molar-refractivity contribution in [3.8, 4) is 0 Å². The molecule has 2 aliphatic heterocycles. The van der Waals surface area contributed by atoms with Gasteiger partial charge in [-0.2, -0.15) is 0 Å². The van der Waals surface area contributed by atoms with Crippen molar-refractivity contribution in [3.05, 3.63) is 0 Å². The zero-order valence-electron chi connectivity index (χ0n) is 10.3. The van der Waals surface area contributed by atoms with E-state index in [9.17, 15) is 5.11 Å². The van der Waals surface area contributed by atoms with Crippen molar-refractivity contribution >= 4 is 0 Å². The Labute approximate surface area is 98.2 Å². The SMILES string of the molecule is COC(O)N1CCC(N2CCCCC2)CC1. The third-order valence-corrected chi connectivity index (χ3v) is 3.93. The summed E-state index contributed by atoms with van der Waals surface area (Å²) in [6, 6.07) is 0.737. The van der Waals surface area contributed by atoms with Crippen molar-refractivity contribution in [1.29, 1.82) is 0 Å². The highest BCUT2D eigenvalue weighted by molar-refractivity contribution is 4.81. The quantitative estimate of drug-likeness (QED) is 0.727. The Kier molecular flexibility index (Phi) is 4.58. The maximum absolute atomic E-state index is 9.57. The molecule has 0 aromatic carbocycles. The second kappa shape index (κ2) is 5.96. The maximum Gasteiger partial charge on any atom is 0.215 e. The highest BCUT2D eigenvalue weighted by Crippen LogP contribution is 2.21. The number of rotatable bonds is 3. The van der Waals surface area contributed by atoms with Crippen LogP contribution in [-0.4, -0.2) is 60.7 Å². The monoisotopic (exact) mass is 228 g/mol. The molecule has 0 aliphatic carbocycles. The van der Waals surface area contributed by atoms with E-state index in [1.54, 1.807) is 7.11 Å². The summed E-state index contributed by atoms with van der Waals surface area (Å²) in [4.78, 5) is 4.65. The van der Waals surface area contributed by atoms with Crippen LogP contribution in [0.3, 0.4) is 0 Å². The van der Waals surface area contributed by atoms with Crippen molar-refractivity contribution in [2.75, 3.05) is 33.3 Å².